The summed E-state index contributed by atoms with van der Waals surface area (Å²) in [5.74, 6) is -2.06. The number of fused-ring (bicyclic) bond motifs is 1. The Morgan fingerprint density at radius 2 is 1.84 bits per heavy atom. The van der Waals surface area contributed by atoms with Gasteiger partial charge in [0.15, 0.2) is 5.76 Å². The third-order valence-electron chi connectivity index (χ3n) is 6.36. The summed E-state index contributed by atoms with van der Waals surface area (Å²) in [6.07, 6.45) is 2.40. The number of benzene rings is 1. The van der Waals surface area contributed by atoms with Crippen LogP contribution in [0.4, 0.5) is 14.5 Å². The van der Waals surface area contributed by atoms with Crippen molar-refractivity contribution in [1.82, 2.24) is 14.5 Å². The lowest BCUT2D eigenvalue weighted by molar-refractivity contribution is 0.0523. The number of anilines is 1. The van der Waals surface area contributed by atoms with Gasteiger partial charge in [-0.2, -0.15) is 0 Å². The first-order valence-corrected chi connectivity index (χ1v) is 12.1. The Balaban J connectivity index is 1.61. The second-order valence-corrected chi connectivity index (χ2v) is 8.75. The summed E-state index contributed by atoms with van der Waals surface area (Å²) in [4.78, 5) is 47.2. The van der Waals surface area contributed by atoms with Gasteiger partial charge in [0.1, 0.15) is 22.8 Å². The minimum Gasteiger partial charge on any atom is -0.462 e. The number of carbonyl (C=O) groups excluding carboxylic acids is 2. The molecule has 1 aliphatic rings. The van der Waals surface area contributed by atoms with E-state index in [4.69, 9.17) is 9.15 Å². The summed E-state index contributed by atoms with van der Waals surface area (Å²) in [7, 11) is 0. The molecule has 38 heavy (non-hydrogen) atoms. The average molecular weight is 523 g/mol. The highest BCUT2D eigenvalue weighted by molar-refractivity contribution is 6.04. The van der Waals surface area contributed by atoms with Crippen molar-refractivity contribution in [2.75, 3.05) is 37.7 Å². The van der Waals surface area contributed by atoms with Gasteiger partial charge in [0.25, 0.3) is 11.5 Å². The highest BCUT2D eigenvalue weighted by Crippen LogP contribution is 2.31. The lowest BCUT2D eigenvalue weighted by atomic mass is 10.1. The number of piperazine rings is 1. The Bertz CT molecular complexity index is 1560. The van der Waals surface area contributed by atoms with Gasteiger partial charge in [-0.25, -0.2) is 18.6 Å². The number of pyridine rings is 2. The molecule has 0 radical (unpaired) electrons. The normalized spacial score (nSPS) is 13.7. The number of halogens is 2. The van der Waals surface area contributed by atoms with E-state index in [0.717, 1.165) is 6.20 Å². The molecule has 4 aromatic rings. The maximum Gasteiger partial charge on any atom is 0.345 e. The van der Waals surface area contributed by atoms with Crippen LogP contribution in [0.2, 0.25) is 0 Å². The van der Waals surface area contributed by atoms with Crippen molar-refractivity contribution in [2.24, 2.45) is 0 Å². The molecule has 4 heterocycles. The van der Waals surface area contributed by atoms with Gasteiger partial charge in [-0.05, 0) is 42.8 Å². The quantitative estimate of drug-likeness (QED) is 0.358. The number of rotatable bonds is 6. The van der Waals surface area contributed by atoms with Gasteiger partial charge in [-0.1, -0.05) is 12.1 Å². The molecule has 1 saturated heterocycles. The fraction of sp³-hybridized carbons (Fsp3) is 0.259. The third kappa shape index (κ3) is 4.74. The lowest BCUT2D eigenvalue weighted by Crippen LogP contribution is -2.49. The number of hydrogen-bond acceptors (Lipinski definition) is 7. The zero-order valence-corrected chi connectivity index (χ0v) is 20.5. The standard InChI is InChI=1S/C27H24F2N4O5/c1-2-37-27(36)22-23(31-8-10-32(11-9-31)25(34)21-7-4-12-38-21)20-14-19(29)15-30-24(20)33(26(22)35)16-17-5-3-6-18(28)13-17/h3-7,12-15H,2,8-11,16H2,1H3. The monoisotopic (exact) mass is 522 g/mol. The number of ether oxygens (including phenoxy) is 1. The van der Waals surface area contributed by atoms with E-state index in [9.17, 15) is 23.2 Å². The smallest absolute Gasteiger partial charge is 0.345 e. The zero-order valence-electron chi connectivity index (χ0n) is 20.5. The number of aromatic nitrogens is 2. The molecule has 0 unspecified atom stereocenters. The first-order chi connectivity index (χ1) is 18.4. The molecule has 0 saturated carbocycles. The van der Waals surface area contributed by atoms with E-state index in [0.29, 0.717) is 5.56 Å². The predicted octanol–water partition coefficient (Wildman–Crippen LogP) is 3.46. The average Bonchev–Trinajstić information content (AvgIpc) is 3.45. The number of hydrogen-bond donors (Lipinski definition) is 0. The summed E-state index contributed by atoms with van der Waals surface area (Å²) in [5, 5.41) is 0.231. The Hall–Kier alpha value is -4.54. The van der Waals surface area contributed by atoms with Crippen molar-refractivity contribution in [2.45, 2.75) is 13.5 Å². The molecule has 1 aliphatic heterocycles. The molecule has 0 aliphatic carbocycles. The minimum atomic E-state index is -0.860. The van der Waals surface area contributed by atoms with Crippen LogP contribution in [-0.4, -0.2) is 59.1 Å². The SMILES string of the molecule is CCOC(=O)c1c(N2CCN(C(=O)c3ccco3)CC2)c2cc(F)cnc2n(Cc2cccc(F)c2)c1=O. The molecular weight excluding hydrogens is 498 g/mol. The van der Waals surface area contributed by atoms with E-state index in [1.807, 2.05) is 0 Å². The summed E-state index contributed by atoms with van der Waals surface area (Å²) in [6, 6.07) is 10.1. The van der Waals surface area contributed by atoms with Gasteiger partial charge in [0.2, 0.25) is 0 Å². The van der Waals surface area contributed by atoms with Crippen LogP contribution < -0.4 is 10.5 Å². The second-order valence-electron chi connectivity index (χ2n) is 8.75. The number of furan rings is 1. The number of amides is 1. The second kappa shape index (κ2) is 10.4. The van der Waals surface area contributed by atoms with Gasteiger partial charge in [-0.15, -0.1) is 0 Å². The molecule has 0 spiro atoms. The number of carbonyl (C=O) groups is 2. The molecule has 196 valence electrons. The molecule has 1 fully saturated rings. The van der Waals surface area contributed by atoms with Gasteiger partial charge >= 0.3 is 5.97 Å². The van der Waals surface area contributed by atoms with E-state index < -0.39 is 23.2 Å². The van der Waals surface area contributed by atoms with Gasteiger partial charge in [0, 0.05) is 31.6 Å². The molecule has 0 bridgehead atoms. The van der Waals surface area contributed by atoms with Crippen molar-refractivity contribution in [3.63, 3.8) is 0 Å². The maximum atomic E-state index is 14.5. The Morgan fingerprint density at radius 1 is 1.05 bits per heavy atom. The summed E-state index contributed by atoms with van der Waals surface area (Å²) in [5.41, 5.74) is -0.168. The molecule has 9 nitrogen and oxygen atoms in total. The fourth-order valence-corrected chi connectivity index (χ4v) is 4.66. The van der Waals surface area contributed by atoms with Crippen LogP contribution in [0.5, 0.6) is 0 Å². The topological polar surface area (TPSA) is 97.9 Å². The van der Waals surface area contributed by atoms with Crippen LogP contribution in [0.15, 0.2) is 64.1 Å². The predicted molar refractivity (Wildman–Crippen MR) is 134 cm³/mol. The number of nitrogens with zero attached hydrogens (tertiary/aromatic N) is 4. The lowest BCUT2D eigenvalue weighted by Gasteiger charge is -2.37. The molecule has 1 aromatic carbocycles. The molecule has 1 amide bonds. The zero-order chi connectivity index (χ0) is 26.8. The molecule has 5 rings (SSSR count). The van der Waals surface area contributed by atoms with E-state index in [1.165, 1.54) is 35.1 Å². The van der Waals surface area contributed by atoms with Crippen molar-refractivity contribution < 1.29 is 27.5 Å². The Kier molecular flexibility index (Phi) is 6.91. The van der Waals surface area contributed by atoms with Crippen LogP contribution in [0.1, 0.15) is 33.4 Å². The molecule has 0 N–H and O–H groups in total. The van der Waals surface area contributed by atoms with Crippen LogP contribution in [-0.2, 0) is 11.3 Å². The van der Waals surface area contributed by atoms with Crippen LogP contribution in [0.3, 0.4) is 0 Å². The largest absolute Gasteiger partial charge is 0.462 e. The molecule has 11 heteroatoms. The highest BCUT2D eigenvalue weighted by Gasteiger charge is 2.31. The summed E-state index contributed by atoms with van der Waals surface area (Å²) >= 11 is 0. The van der Waals surface area contributed by atoms with Gasteiger partial charge < -0.3 is 19.0 Å². The van der Waals surface area contributed by atoms with Gasteiger partial charge in [-0.3, -0.25) is 14.2 Å². The number of esters is 1. The Labute approximate surface area is 215 Å². The van der Waals surface area contributed by atoms with E-state index in [1.54, 1.807) is 34.9 Å². The first-order valence-electron chi connectivity index (χ1n) is 12.1. The van der Waals surface area contributed by atoms with Crippen molar-refractivity contribution in [1.29, 1.82) is 0 Å². The van der Waals surface area contributed by atoms with Crippen molar-refractivity contribution >= 4 is 28.6 Å². The van der Waals surface area contributed by atoms with Crippen LogP contribution in [0, 0.1) is 11.6 Å². The van der Waals surface area contributed by atoms with Crippen LogP contribution in [0.25, 0.3) is 11.0 Å². The highest BCUT2D eigenvalue weighted by atomic mass is 19.1. The summed E-state index contributed by atoms with van der Waals surface area (Å²) < 4.78 is 40.0. The van der Waals surface area contributed by atoms with E-state index in [2.05, 4.69) is 4.98 Å². The van der Waals surface area contributed by atoms with Gasteiger partial charge in [0.05, 0.1) is 31.3 Å². The molecule has 3 aromatic heterocycles. The van der Waals surface area contributed by atoms with Crippen molar-refractivity contribution in [3.8, 4) is 0 Å². The van der Waals surface area contributed by atoms with E-state index in [-0.39, 0.29) is 73.3 Å². The maximum absolute atomic E-state index is 14.5. The molecule has 0 atom stereocenters. The van der Waals surface area contributed by atoms with E-state index >= 15 is 0 Å². The van der Waals surface area contributed by atoms with Crippen molar-refractivity contribution in [3.05, 3.63) is 93.8 Å². The fourth-order valence-electron chi connectivity index (χ4n) is 4.66. The van der Waals surface area contributed by atoms with Crippen LogP contribution >= 0.6 is 0 Å². The third-order valence-corrected chi connectivity index (χ3v) is 6.36. The molecular formula is C27H24F2N4O5. The summed E-state index contributed by atoms with van der Waals surface area (Å²) in [6.45, 7) is 2.62. The first kappa shape index (κ1) is 25.1. The Morgan fingerprint density at radius 3 is 2.53 bits per heavy atom. The minimum absolute atomic E-state index is 0.0203.